The highest BCUT2D eigenvalue weighted by atomic mass is 16.5. The fraction of sp³-hybridized carbons (Fsp3) is 0.241. The zero-order chi connectivity index (χ0) is 26.7. The fourth-order valence-electron chi connectivity index (χ4n) is 4.51. The average Bonchev–Trinajstić information content (AvgIpc) is 3.17. The van der Waals surface area contributed by atoms with Gasteiger partial charge >= 0.3 is 0 Å². The van der Waals surface area contributed by atoms with Gasteiger partial charge in [0, 0.05) is 12.1 Å². The number of aliphatic hydroxyl groups excluding tert-OH is 1. The second-order valence-corrected chi connectivity index (χ2v) is 8.57. The van der Waals surface area contributed by atoms with Gasteiger partial charge in [0.1, 0.15) is 17.3 Å². The molecule has 0 aliphatic carbocycles. The first-order chi connectivity index (χ1) is 17.8. The summed E-state index contributed by atoms with van der Waals surface area (Å²) >= 11 is 0. The van der Waals surface area contributed by atoms with Crippen LogP contribution in [0.4, 0.5) is 0 Å². The Morgan fingerprint density at radius 2 is 1.46 bits per heavy atom. The number of rotatable bonds is 8. The first kappa shape index (κ1) is 25.6. The molecule has 8 heteroatoms. The maximum atomic E-state index is 13.4. The third kappa shape index (κ3) is 4.82. The molecule has 0 radical (unpaired) electrons. The molecule has 0 saturated carbocycles. The number of Topliss-reactive ketones (excluding diaryl/α,β-unsaturated/α-hetero) is 1. The van der Waals surface area contributed by atoms with E-state index in [4.69, 9.17) is 18.9 Å². The van der Waals surface area contributed by atoms with Gasteiger partial charge in [-0.2, -0.15) is 0 Å². The summed E-state index contributed by atoms with van der Waals surface area (Å²) < 4.78 is 21.3. The van der Waals surface area contributed by atoms with E-state index in [1.807, 2.05) is 12.1 Å². The minimum atomic E-state index is -0.858. The molecule has 0 spiro atoms. The van der Waals surface area contributed by atoms with Crippen molar-refractivity contribution < 1.29 is 33.6 Å². The van der Waals surface area contributed by atoms with Crippen LogP contribution in [0, 0.1) is 6.92 Å². The van der Waals surface area contributed by atoms with Crippen LogP contribution < -0.4 is 18.9 Å². The van der Waals surface area contributed by atoms with E-state index in [0.29, 0.717) is 39.7 Å². The maximum Gasteiger partial charge on any atom is 0.295 e. The summed E-state index contributed by atoms with van der Waals surface area (Å²) in [6.07, 6.45) is 0. The van der Waals surface area contributed by atoms with Crippen LogP contribution in [-0.4, -0.2) is 50.1 Å². The number of carbonyl (C=O) groups excluding carboxylic acids is 2. The number of ether oxygens (including phenoxy) is 4. The van der Waals surface area contributed by atoms with E-state index in [1.54, 1.807) is 69.7 Å². The number of methoxy groups -OCH3 is 4. The molecule has 1 unspecified atom stereocenters. The zero-order valence-electron chi connectivity index (χ0n) is 21.4. The number of amides is 1. The van der Waals surface area contributed by atoms with Gasteiger partial charge in [0.2, 0.25) is 0 Å². The normalized spacial score (nSPS) is 16.6. The number of nitrogens with zero attached hydrogens (tertiary/aromatic N) is 1. The van der Waals surface area contributed by atoms with Gasteiger partial charge in [0.05, 0.1) is 40.1 Å². The third-order valence-corrected chi connectivity index (χ3v) is 6.46. The van der Waals surface area contributed by atoms with Crippen LogP contribution >= 0.6 is 0 Å². The molecule has 3 aromatic carbocycles. The molecule has 0 bridgehead atoms. The van der Waals surface area contributed by atoms with E-state index in [1.165, 1.54) is 19.1 Å². The van der Waals surface area contributed by atoms with Crippen molar-refractivity contribution in [3.8, 4) is 23.0 Å². The molecule has 8 nitrogen and oxygen atoms in total. The lowest BCUT2D eigenvalue weighted by molar-refractivity contribution is -0.140. The zero-order valence-corrected chi connectivity index (χ0v) is 21.4. The highest BCUT2D eigenvalue weighted by Gasteiger charge is 2.46. The standard InChI is InChI=1S/C29H29NO7/c1-17-14-21(35-3)11-12-22(17)27(31)25-26(19-8-13-23(36-4)24(15-19)37-5)30(29(33)28(25)32)16-18-6-9-20(34-2)10-7-18/h6-15,26,31H,16H2,1-5H3/b27-25+. The molecule has 1 aliphatic rings. The number of ketones is 1. The van der Waals surface area contributed by atoms with Crippen LogP contribution in [0.2, 0.25) is 0 Å². The predicted molar refractivity (Wildman–Crippen MR) is 138 cm³/mol. The quantitative estimate of drug-likeness (QED) is 0.272. The Bertz CT molecular complexity index is 1360. The van der Waals surface area contributed by atoms with E-state index in [9.17, 15) is 14.7 Å². The van der Waals surface area contributed by atoms with Gasteiger partial charge in [-0.15, -0.1) is 0 Å². The van der Waals surface area contributed by atoms with Crippen molar-refractivity contribution in [1.82, 2.24) is 4.90 Å². The fourth-order valence-corrected chi connectivity index (χ4v) is 4.51. The highest BCUT2D eigenvalue weighted by molar-refractivity contribution is 6.46. The molecule has 37 heavy (non-hydrogen) atoms. The number of carbonyl (C=O) groups is 2. The van der Waals surface area contributed by atoms with Crippen molar-refractivity contribution in [1.29, 1.82) is 0 Å². The molecule has 1 N–H and O–H groups in total. The molecule has 192 valence electrons. The molecule has 1 saturated heterocycles. The number of aryl methyl sites for hydroxylation is 1. The summed E-state index contributed by atoms with van der Waals surface area (Å²) in [6, 6.07) is 16.7. The number of benzene rings is 3. The minimum Gasteiger partial charge on any atom is -0.507 e. The highest BCUT2D eigenvalue weighted by Crippen LogP contribution is 2.43. The van der Waals surface area contributed by atoms with Gasteiger partial charge in [-0.05, 0) is 66.1 Å². The molecule has 1 atom stereocenters. The van der Waals surface area contributed by atoms with Crippen LogP contribution in [0.5, 0.6) is 23.0 Å². The number of likely N-dealkylation sites (tertiary alicyclic amines) is 1. The number of hydrogen-bond donors (Lipinski definition) is 1. The Labute approximate surface area is 215 Å². The number of hydrogen-bond acceptors (Lipinski definition) is 7. The molecule has 1 heterocycles. The molecule has 1 amide bonds. The third-order valence-electron chi connectivity index (χ3n) is 6.46. The molecule has 0 aromatic heterocycles. The smallest absolute Gasteiger partial charge is 0.295 e. The van der Waals surface area contributed by atoms with Crippen LogP contribution in [-0.2, 0) is 16.1 Å². The molecular weight excluding hydrogens is 474 g/mol. The van der Waals surface area contributed by atoms with Crippen molar-refractivity contribution in [2.24, 2.45) is 0 Å². The van der Waals surface area contributed by atoms with Gasteiger partial charge in [0.25, 0.3) is 11.7 Å². The Hall–Kier alpha value is -4.46. The van der Waals surface area contributed by atoms with Crippen molar-refractivity contribution in [2.75, 3.05) is 28.4 Å². The SMILES string of the molecule is COc1ccc(CN2C(=O)C(=O)/C(=C(/O)c3ccc(OC)cc3C)C2c2ccc(OC)c(OC)c2)cc1. The maximum absolute atomic E-state index is 13.4. The summed E-state index contributed by atoms with van der Waals surface area (Å²) in [5.74, 6) is 0.516. The van der Waals surface area contributed by atoms with Crippen LogP contribution in [0.25, 0.3) is 5.76 Å². The lowest BCUT2D eigenvalue weighted by Crippen LogP contribution is -2.29. The molecule has 4 rings (SSSR count). The first-order valence-electron chi connectivity index (χ1n) is 11.6. The van der Waals surface area contributed by atoms with E-state index in [2.05, 4.69) is 0 Å². The molecule has 1 aliphatic heterocycles. The molecular formula is C29H29NO7. The minimum absolute atomic E-state index is 0.000927. The summed E-state index contributed by atoms with van der Waals surface area (Å²) in [6.45, 7) is 1.95. The lowest BCUT2D eigenvalue weighted by atomic mass is 9.93. The monoisotopic (exact) mass is 503 g/mol. The second kappa shape index (κ2) is 10.7. The van der Waals surface area contributed by atoms with Crippen LogP contribution in [0.3, 0.4) is 0 Å². The van der Waals surface area contributed by atoms with Gasteiger partial charge in [-0.25, -0.2) is 0 Å². The van der Waals surface area contributed by atoms with Crippen LogP contribution in [0.1, 0.15) is 28.3 Å². The van der Waals surface area contributed by atoms with Crippen molar-refractivity contribution >= 4 is 17.4 Å². The van der Waals surface area contributed by atoms with Gasteiger partial charge in [-0.1, -0.05) is 18.2 Å². The Morgan fingerprint density at radius 3 is 2.05 bits per heavy atom. The number of aliphatic hydroxyl groups is 1. The average molecular weight is 504 g/mol. The first-order valence-corrected chi connectivity index (χ1v) is 11.6. The summed E-state index contributed by atoms with van der Waals surface area (Å²) in [7, 11) is 6.16. The summed E-state index contributed by atoms with van der Waals surface area (Å²) in [5.41, 5.74) is 2.53. The Balaban J connectivity index is 1.88. The predicted octanol–water partition coefficient (Wildman–Crippen LogP) is 4.65. The molecule has 3 aromatic rings. The van der Waals surface area contributed by atoms with Crippen LogP contribution in [0.15, 0.2) is 66.2 Å². The van der Waals surface area contributed by atoms with Gasteiger partial charge < -0.3 is 29.0 Å². The van der Waals surface area contributed by atoms with E-state index >= 15 is 0 Å². The van der Waals surface area contributed by atoms with E-state index < -0.39 is 17.7 Å². The van der Waals surface area contributed by atoms with Gasteiger partial charge in [-0.3, -0.25) is 9.59 Å². The van der Waals surface area contributed by atoms with Gasteiger partial charge in [0.15, 0.2) is 11.5 Å². The largest absolute Gasteiger partial charge is 0.507 e. The summed E-state index contributed by atoms with van der Waals surface area (Å²) in [5, 5.41) is 11.4. The Kier molecular flexibility index (Phi) is 7.38. The van der Waals surface area contributed by atoms with Crippen molar-refractivity contribution in [3.05, 3.63) is 88.5 Å². The lowest BCUT2D eigenvalue weighted by Gasteiger charge is -2.26. The Morgan fingerprint density at radius 1 is 0.811 bits per heavy atom. The summed E-state index contributed by atoms with van der Waals surface area (Å²) in [4.78, 5) is 28.2. The molecule has 1 fully saturated rings. The second-order valence-electron chi connectivity index (χ2n) is 8.57. The van der Waals surface area contributed by atoms with E-state index in [0.717, 1.165) is 5.56 Å². The van der Waals surface area contributed by atoms with Crippen molar-refractivity contribution in [3.63, 3.8) is 0 Å². The topological polar surface area (TPSA) is 94.5 Å². The van der Waals surface area contributed by atoms with Crippen molar-refractivity contribution in [2.45, 2.75) is 19.5 Å². The van der Waals surface area contributed by atoms with E-state index in [-0.39, 0.29) is 17.9 Å².